The molecule has 21 heavy (non-hydrogen) atoms. The average molecular weight is 294 g/mol. The molecule has 1 aromatic carbocycles. The molecule has 0 amide bonds. The van der Waals surface area contributed by atoms with Crippen molar-refractivity contribution >= 4 is 5.97 Å². The highest BCUT2D eigenvalue weighted by atomic mass is 16.5. The summed E-state index contributed by atoms with van der Waals surface area (Å²) in [5.41, 5.74) is 1.49. The second-order valence-electron chi connectivity index (χ2n) is 4.89. The Balaban J connectivity index is 2.69. The van der Waals surface area contributed by atoms with Crippen LogP contribution in [0.3, 0.4) is 0 Å². The monoisotopic (exact) mass is 294 g/mol. The van der Waals surface area contributed by atoms with Crippen LogP contribution < -0.4 is 4.74 Å². The molecular formula is C16H22O5. The predicted molar refractivity (Wildman–Crippen MR) is 79.1 cm³/mol. The molecule has 1 atom stereocenters. The number of aliphatic hydroxyl groups excluding tert-OH is 1. The lowest BCUT2D eigenvalue weighted by Gasteiger charge is -2.17. The van der Waals surface area contributed by atoms with E-state index in [1.807, 2.05) is 12.1 Å². The minimum absolute atomic E-state index is 0.0224. The minimum atomic E-state index is -1.06. The lowest BCUT2D eigenvalue weighted by molar-refractivity contribution is -0.137. The molecule has 0 aliphatic carbocycles. The number of hydrogen-bond donors (Lipinski definition) is 2. The van der Waals surface area contributed by atoms with E-state index < -0.39 is 5.97 Å². The summed E-state index contributed by atoms with van der Waals surface area (Å²) in [6, 6.07) is 7.28. The smallest absolute Gasteiger partial charge is 0.371 e. The Labute approximate surface area is 124 Å². The normalized spacial score (nSPS) is 11.6. The summed E-state index contributed by atoms with van der Waals surface area (Å²) in [7, 11) is 0. The molecule has 1 rings (SSSR count). The SMILES string of the molecule is CC(C)=C(OC(C)c1ccc(OCCCO)cc1)C(=O)O. The molecule has 0 radical (unpaired) electrons. The third-order valence-electron chi connectivity index (χ3n) is 2.86. The number of aliphatic hydroxyl groups is 1. The first-order valence-corrected chi connectivity index (χ1v) is 6.86. The van der Waals surface area contributed by atoms with Crippen LogP contribution in [0, 0.1) is 0 Å². The van der Waals surface area contributed by atoms with E-state index in [1.54, 1.807) is 32.9 Å². The Kier molecular flexibility index (Phi) is 6.75. The number of aliphatic carboxylic acids is 1. The van der Waals surface area contributed by atoms with Crippen LogP contribution >= 0.6 is 0 Å². The molecule has 0 spiro atoms. The molecule has 0 aromatic heterocycles. The van der Waals surface area contributed by atoms with Gasteiger partial charge >= 0.3 is 5.97 Å². The van der Waals surface area contributed by atoms with Crippen molar-refractivity contribution in [2.75, 3.05) is 13.2 Å². The van der Waals surface area contributed by atoms with E-state index in [9.17, 15) is 4.79 Å². The Hall–Kier alpha value is -2.01. The van der Waals surface area contributed by atoms with Crippen LogP contribution in [0.15, 0.2) is 35.6 Å². The second kappa shape index (κ2) is 8.32. The van der Waals surface area contributed by atoms with E-state index in [1.165, 1.54) is 0 Å². The third kappa shape index (κ3) is 5.47. The number of carboxylic acids is 1. The van der Waals surface area contributed by atoms with E-state index in [2.05, 4.69) is 0 Å². The van der Waals surface area contributed by atoms with Crippen molar-refractivity contribution in [3.63, 3.8) is 0 Å². The van der Waals surface area contributed by atoms with Crippen molar-refractivity contribution in [1.82, 2.24) is 0 Å². The molecule has 1 unspecified atom stereocenters. The number of hydrogen-bond acceptors (Lipinski definition) is 4. The van der Waals surface area contributed by atoms with Crippen molar-refractivity contribution in [3.05, 3.63) is 41.2 Å². The van der Waals surface area contributed by atoms with E-state index >= 15 is 0 Å². The largest absolute Gasteiger partial charge is 0.494 e. The lowest BCUT2D eigenvalue weighted by atomic mass is 10.1. The molecule has 0 bridgehead atoms. The van der Waals surface area contributed by atoms with Crippen LogP contribution in [0.1, 0.15) is 38.9 Å². The molecule has 0 fully saturated rings. The Morgan fingerprint density at radius 1 is 1.24 bits per heavy atom. The summed E-state index contributed by atoms with van der Waals surface area (Å²) >= 11 is 0. The van der Waals surface area contributed by atoms with Gasteiger partial charge in [-0.05, 0) is 44.0 Å². The molecule has 116 valence electrons. The third-order valence-corrected chi connectivity index (χ3v) is 2.86. The van der Waals surface area contributed by atoms with E-state index in [0.717, 1.165) is 5.56 Å². The van der Waals surface area contributed by atoms with Crippen LogP contribution in [-0.2, 0) is 9.53 Å². The highest BCUT2D eigenvalue weighted by molar-refractivity contribution is 5.85. The van der Waals surface area contributed by atoms with Gasteiger partial charge in [0.25, 0.3) is 0 Å². The second-order valence-corrected chi connectivity index (χ2v) is 4.89. The molecular weight excluding hydrogens is 272 g/mol. The zero-order chi connectivity index (χ0) is 15.8. The van der Waals surface area contributed by atoms with Crippen molar-refractivity contribution in [1.29, 1.82) is 0 Å². The van der Waals surface area contributed by atoms with Crippen LogP contribution in [0.4, 0.5) is 0 Å². The first-order chi connectivity index (χ1) is 9.95. The van der Waals surface area contributed by atoms with Crippen LogP contribution in [0.5, 0.6) is 5.75 Å². The minimum Gasteiger partial charge on any atom is -0.494 e. The molecule has 0 aliphatic rings. The van der Waals surface area contributed by atoms with E-state index in [-0.39, 0.29) is 18.5 Å². The highest BCUT2D eigenvalue weighted by Crippen LogP contribution is 2.24. The van der Waals surface area contributed by atoms with Gasteiger partial charge in [0.05, 0.1) is 6.61 Å². The first kappa shape index (κ1) is 17.0. The van der Waals surface area contributed by atoms with Crippen LogP contribution in [0.25, 0.3) is 0 Å². The maximum absolute atomic E-state index is 11.1. The van der Waals surface area contributed by atoms with Crippen molar-refractivity contribution in [3.8, 4) is 5.75 Å². The number of carboxylic acid groups (broad SMARTS) is 1. The van der Waals surface area contributed by atoms with Gasteiger partial charge in [0.2, 0.25) is 5.76 Å². The molecule has 0 saturated carbocycles. The zero-order valence-corrected chi connectivity index (χ0v) is 12.6. The van der Waals surface area contributed by atoms with Crippen LogP contribution in [0.2, 0.25) is 0 Å². The van der Waals surface area contributed by atoms with Gasteiger partial charge in [-0.2, -0.15) is 0 Å². The van der Waals surface area contributed by atoms with Gasteiger partial charge in [0, 0.05) is 13.0 Å². The molecule has 5 heteroatoms. The molecule has 0 saturated heterocycles. The molecule has 5 nitrogen and oxygen atoms in total. The maximum atomic E-state index is 11.1. The Morgan fingerprint density at radius 2 is 1.86 bits per heavy atom. The molecule has 0 heterocycles. The number of ether oxygens (including phenoxy) is 2. The topological polar surface area (TPSA) is 76.0 Å². The summed E-state index contributed by atoms with van der Waals surface area (Å²) in [6.07, 6.45) is 0.224. The van der Waals surface area contributed by atoms with Crippen molar-refractivity contribution < 1.29 is 24.5 Å². The molecule has 1 aromatic rings. The van der Waals surface area contributed by atoms with Crippen molar-refractivity contribution in [2.45, 2.75) is 33.3 Å². The van der Waals surface area contributed by atoms with Gasteiger partial charge < -0.3 is 19.7 Å². The fourth-order valence-corrected chi connectivity index (χ4v) is 1.72. The molecule has 2 N–H and O–H groups in total. The summed E-state index contributed by atoms with van der Waals surface area (Å²) in [4.78, 5) is 11.1. The fraction of sp³-hybridized carbons (Fsp3) is 0.438. The standard InChI is InChI=1S/C16H22O5/c1-11(2)15(16(18)19)21-12(3)13-5-7-14(8-6-13)20-10-4-9-17/h5-8,12,17H,4,9-10H2,1-3H3,(H,18,19). The number of allylic oxidation sites excluding steroid dienone is 1. The Morgan fingerprint density at radius 3 is 2.33 bits per heavy atom. The summed E-state index contributed by atoms with van der Waals surface area (Å²) in [6.45, 7) is 5.77. The van der Waals surface area contributed by atoms with Gasteiger partial charge in [-0.25, -0.2) is 4.79 Å². The van der Waals surface area contributed by atoms with E-state index in [4.69, 9.17) is 19.7 Å². The fourth-order valence-electron chi connectivity index (χ4n) is 1.72. The number of carbonyl (C=O) groups is 1. The van der Waals surface area contributed by atoms with E-state index in [0.29, 0.717) is 24.4 Å². The van der Waals surface area contributed by atoms with Gasteiger partial charge in [-0.1, -0.05) is 12.1 Å². The first-order valence-electron chi connectivity index (χ1n) is 6.86. The lowest BCUT2D eigenvalue weighted by Crippen LogP contribution is -2.10. The zero-order valence-electron chi connectivity index (χ0n) is 12.6. The van der Waals surface area contributed by atoms with Gasteiger partial charge in [0.15, 0.2) is 0 Å². The summed E-state index contributed by atoms with van der Waals surface area (Å²) in [5.74, 6) is -0.378. The quantitative estimate of drug-likeness (QED) is 0.438. The summed E-state index contributed by atoms with van der Waals surface area (Å²) < 4.78 is 10.9. The van der Waals surface area contributed by atoms with Crippen molar-refractivity contribution in [2.24, 2.45) is 0 Å². The van der Waals surface area contributed by atoms with Crippen LogP contribution in [-0.4, -0.2) is 29.4 Å². The summed E-state index contributed by atoms with van der Waals surface area (Å²) in [5, 5.41) is 17.8. The number of rotatable bonds is 8. The highest BCUT2D eigenvalue weighted by Gasteiger charge is 2.16. The van der Waals surface area contributed by atoms with Gasteiger partial charge in [-0.3, -0.25) is 0 Å². The Bertz CT molecular complexity index is 486. The number of benzene rings is 1. The van der Waals surface area contributed by atoms with Gasteiger partial charge in [-0.15, -0.1) is 0 Å². The molecule has 0 aliphatic heterocycles. The van der Waals surface area contributed by atoms with Gasteiger partial charge in [0.1, 0.15) is 11.9 Å². The maximum Gasteiger partial charge on any atom is 0.371 e. The average Bonchev–Trinajstić information content (AvgIpc) is 2.44. The predicted octanol–water partition coefficient (Wildman–Crippen LogP) is 2.90.